The summed E-state index contributed by atoms with van der Waals surface area (Å²) in [7, 11) is 0. The van der Waals surface area contributed by atoms with Crippen LogP contribution >= 0.6 is 11.6 Å². The van der Waals surface area contributed by atoms with Crippen LogP contribution in [0.3, 0.4) is 0 Å². The summed E-state index contributed by atoms with van der Waals surface area (Å²) < 4.78 is 0. The van der Waals surface area contributed by atoms with Gasteiger partial charge in [0.2, 0.25) is 5.91 Å². The Labute approximate surface area is 204 Å². The number of nitrogen functional groups attached to an aromatic ring is 1. The molecular formula is C25H29ClN6O2. The number of carbonyl (C=O) groups excluding carboxylic acids is 2. The molecule has 0 aliphatic carbocycles. The van der Waals surface area contributed by atoms with Gasteiger partial charge in [0.1, 0.15) is 17.7 Å². The molecule has 34 heavy (non-hydrogen) atoms. The molecule has 3 aromatic rings. The van der Waals surface area contributed by atoms with E-state index in [1.165, 1.54) is 0 Å². The Balaban J connectivity index is 1.37. The van der Waals surface area contributed by atoms with E-state index in [4.69, 9.17) is 17.3 Å². The van der Waals surface area contributed by atoms with Gasteiger partial charge in [-0.2, -0.15) is 0 Å². The number of para-hydroxylation sites is 1. The van der Waals surface area contributed by atoms with Crippen molar-refractivity contribution >= 4 is 40.1 Å². The van der Waals surface area contributed by atoms with Crippen LogP contribution in [0.25, 0.3) is 10.9 Å². The smallest absolute Gasteiger partial charge is 0.253 e. The second kappa shape index (κ2) is 10.4. The Kier molecular flexibility index (Phi) is 7.29. The minimum absolute atomic E-state index is 0.0639. The van der Waals surface area contributed by atoms with Crippen LogP contribution in [0.1, 0.15) is 30.0 Å². The van der Waals surface area contributed by atoms with Gasteiger partial charge >= 0.3 is 0 Å². The number of amides is 2. The van der Waals surface area contributed by atoms with E-state index >= 15 is 0 Å². The number of nitrogens with two attached hydrogens (primary N) is 1. The third-order valence-corrected chi connectivity index (χ3v) is 6.40. The highest BCUT2D eigenvalue weighted by Gasteiger charge is 2.31. The molecule has 1 aliphatic heterocycles. The molecule has 9 heteroatoms. The molecule has 0 bridgehead atoms. The van der Waals surface area contributed by atoms with Gasteiger partial charge in [0.25, 0.3) is 5.91 Å². The molecule has 2 heterocycles. The first-order valence-corrected chi connectivity index (χ1v) is 11.8. The van der Waals surface area contributed by atoms with Gasteiger partial charge in [0.15, 0.2) is 0 Å². The van der Waals surface area contributed by atoms with Crippen LogP contribution in [0.4, 0.5) is 5.82 Å². The van der Waals surface area contributed by atoms with Crippen LogP contribution in [-0.4, -0.2) is 63.8 Å². The molecular weight excluding hydrogens is 452 g/mol. The summed E-state index contributed by atoms with van der Waals surface area (Å²) >= 11 is 6.16. The molecule has 8 nitrogen and oxygen atoms in total. The highest BCUT2D eigenvalue weighted by atomic mass is 35.5. The second-order valence-electron chi connectivity index (χ2n) is 8.82. The largest absolute Gasteiger partial charge is 0.383 e. The van der Waals surface area contributed by atoms with Gasteiger partial charge in [0, 0.05) is 31.6 Å². The molecule has 1 aromatic heterocycles. The van der Waals surface area contributed by atoms with E-state index in [-0.39, 0.29) is 17.7 Å². The topological polar surface area (TPSA) is 104 Å². The van der Waals surface area contributed by atoms with Gasteiger partial charge in [0.05, 0.1) is 22.6 Å². The molecule has 1 fully saturated rings. The number of aromatic nitrogens is 2. The Hall–Kier alpha value is -3.23. The number of benzene rings is 2. The van der Waals surface area contributed by atoms with Gasteiger partial charge in [-0.1, -0.05) is 49.7 Å². The number of anilines is 1. The van der Waals surface area contributed by atoms with Gasteiger partial charge in [-0.15, -0.1) is 0 Å². The summed E-state index contributed by atoms with van der Waals surface area (Å²) in [4.78, 5) is 39.1. The third-order valence-electron chi connectivity index (χ3n) is 6.07. The van der Waals surface area contributed by atoms with Crippen molar-refractivity contribution < 1.29 is 9.59 Å². The van der Waals surface area contributed by atoms with Crippen LogP contribution in [0.15, 0.2) is 48.5 Å². The van der Waals surface area contributed by atoms with Gasteiger partial charge in [-0.3, -0.25) is 14.5 Å². The van der Waals surface area contributed by atoms with Crippen LogP contribution < -0.4 is 11.1 Å². The summed E-state index contributed by atoms with van der Waals surface area (Å²) in [5.74, 6) is 0.654. The van der Waals surface area contributed by atoms with Crippen LogP contribution in [0.2, 0.25) is 5.02 Å². The molecule has 2 aromatic carbocycles. The van der Waals surface area contributed by atoms with Gasteiger partial charge < -0.3 is 16.0 Å². The van der Waals surface area contributed by atoms with Gasteiger partial charge in [-0.05, 0) is 30.2 Å². The lowest BCUT2D eigenvalue weighted by molar-refractivity contribution is -0.136. The highest BCUT2D eigenvalue weighted by Crippen LogP contribution is 2.19. The summed E-state index contributed by atoms with van der Waals surface area (Å²) in [5, 5.41) is 4.09. The fraction of sp³-hybridized carbons (Fsp3) is 0.360. The Morgan fingerprint density at radius 3 is 2.41 bits per heavy atom. The Morgan fingerprint density at radius 1 is 1.03 bits per heavy atom. The first kappa shape index (κ1) is 23.9. The molecule has 0 unspecified atom stereocenters. The monoisotopic (exact) mass is 480 g/mol. The van der Waals surface area contributed by atoms with Crippen molar-refractivity contribution in [2.75, 3.05) is 31.9 Å². The average Bonchev–Trinajstić information content (AvgIpc) is 2.82. The fourth-order valence-electron chi connectivity index (χ4n) is 4.12. The maximum absolute atomic E-state index is 13.3. The fourth-order valence-corrected chi connectivity index (χ4v) is 4.34. The molecule has 178 valence electrons. The number of piperazine rings is 1. The average molecular weight is 481 g/mol. The van der Waals surface area contributed by atoms with Crippen molar-refractivity contribution in [2.45, 2.75) is 26.4 Å². The molecule has 3 N–H and O–H groups in total. The second-order valence-corrected chi connectivity index (χ2v) is 9.23. The SMILES string of the molecule is CC(C)[C@@H](NC(=O)c1ccccc1Cl)C(=O)N1CCN(Cc2nc(N)c3ccccc3n2)CC1. The number of hydrogen-bond donors (Lipinski definition) is 2. The predicted octanol–water partition coefficient (Wildman–Crippen LogP) is 2.96. The van der Waals surface area contributed by atoms with E-state index in [1.807, 2.05) is 43.0 Å². The van der Waals surface area contributed by atoms with Crippen molar-refractivity contribution in [3.63, 3.8) is 0 Å². The quantitative estimate of drug-likeness (QED) is 0.562. The minimum Gasteiger partial charge on any atom is -0.383 e. The standard InChI is InChI=1S/C25H29ClN6O2/c1-16(2)22(30-24(33)17-7-3-5-9-19(17)26)25(34)32-13-11-31(12-14-32)15-21-28-20-10-6-4-8-18(20)23(27)29-21/h3-10,16,22H,11-15H2,1-2H3,(H,30,33)(H2,27,28,29)/t22-/m1/s1. The van der Waals surface area contributed by atoms with Crippen LogP contribution in [-0.2, 0) is 11.3 Å². The van der Waals surface area contributed by atoms with E-state index in [0.717, 1.165) is 10.9 Å². The number of nitrogens with one attached hydrogen (secondary N) is 1. The van der Waals surface area contributed by atoms with Crippen molar-refractivity contribution in [1.29, 1.82) is 0 Å². The zero-order valence-corrected chi connectivity index (χ0v) is 20.1. The lowest BCUT2D eigenvalue weighted by Gasteiger charge is -2.37. The van der Waals surface area contributed by atoms with Crippen LogP contribution in [0, 0.1) is 5.92 Å². The van der Waals surface area contributed by atoms with Crippen molar-refractivity contribution in [3.05, 3.63) is 64.9 Å². The zero-order valence-electron chi connectivity index (χ0n) is 19.4. The number of halogens is 1. The molecule has 0 saturated carbocycles. The normalized spacial score (nSPS) is 15.5. The molecule has 2 amide bonds. The predicted molar refractivity (Wildman–Crippen MR) is 133 cm³/mol. The van der Waals surface area contributed by atoms with Crippen molar-refractivity contribution in [3.8, 4) is 0 Å². The number of rotatable bonds is 6. The lowest BCUT2D eigenvalue weighted by atomic mass is 10.0. The lowest BCUT2D eigenvalue weighted by Crippen LogP contribution is -2.56. The Bertz CT molecular complexity index is 1190. The molecule has 0 radical (unpaired) electrons. The van der Waals surface area contributed by atoms with E-state index in [9.17, 15) is 9.59 Å². The van der Waals surface area contributed by atoms with Gasteiger partial charge in [-0.25, -0.2) is 9.97 Å². The van der Waals surface area contributed by atoms with Crippen molar-refractivity contribution in [2.24, 2.45) is 5.92 Å². The molecule has 0 spiro atoms. The van der Waals surface area contributed by atoms with E-state index in [1.54, 1.807) is 24.3 Å². The highest BCUT2D eigenvalue weighted by molar-refractivity contribution is 6.33. The number of nitrogens with zero attached hydrogens (tertiary/aromatic N) is 4. The molecule has 1 aliphatic rings. The molecule has 1 saturated heterocycles. The number of hydrogen-bond acceptors (Lipinski definition) is 6. The molecule has 1 atom stereocenters. The first-order chi connectivity index (χ1) is 16.3. The maximum Gasteiger partial charge on any atom is 0.253 e. The summed E-state index contributed by atoms with van der Waals surface area (Å²) in [6.45, 7) is 6.91. The first-order valence-electron chi connectivity index (χ1n) is 11.4. The van der Waals surface area contributed by atoms with E-state index in [2.05, 4.69) is 20.2 Å². The molecule has 4 rings (SSSR count). The van der Waals surface area contributed by atoms with Crippen LogP contribution in [0.5, 0.6) is 0 Å². The number of fused-ring (bicyclic) bond motifs is 1. The summed E-state index contributed by atoms with van der Waals surface area (Å²) in [6.07, 6.45) is 0. The third kappa shape index (κ3) is 5.29. The zero-order chi connectivity index (χ0) is 24.2. The minimum atomic E-state index is -0.626. The maximum atomic E-state index is 13.3. The Morgan fingerprint density at radius 2 is 1.71 bits per heavy atom. The number of carbonyl (C=O) groups is 2. The van der Waals surface area contributed by atoms with E-state index in [0.29, 0.717) is 55.0 Å². The van der Waals surface area contributed by atoms with Crippen molar-refractivity contribution in [1.82, 2.24) is 25.1 Å². The summed E-state index contributed by atoms with van der Waals surface area (Å²) in [6, 6.07) is 13.9. The summed E-state index contributed by atoms with van der Waals surface area (Å²) in [5.41, 5.74) is 7.30. The van der Waals surface area contributed by atoms with E-state index < -0.39 is 6.04 Å².